The normalized spacial score (nSPS) is 18.8. The second-order valence-corrected chi connectivity index (χ2v) is 7.07. The fourth-order valence-electron chi connectivity index (χ4n) is 3.43. The van der Waals surface area contributed by atoms with Crippen molar-refractivity contribution in [2.24, 2.45) is 0 Å². The molecule has 1 aromatic heterocycles. The maximum Gasteiger partial charge on any atom is 0.258 e. The number of rotatable bonds is 6. The van der Waals surface area contributed by atoms with Gasteiger partial charge in [-0.2, -0.15) is 4.98 Å². The van der Waals surface area contributed by atoms with Gasteiger partial charge in [-0.1, -0.05) is 35.5 Å². The summed E-state index contributed by atoms with van der Waals surface area (Å²) in [6, 6.07) is 16.6. The molecule has 0 aliphatic carbocycles. The molecule has 0 spiro atoms. The quantitative estimate of drug-likeness (QED) is 0.635. The molecule has 29 heavy (non-hydrogen) atoms. The van der Waals surface area contributed by atoms with Crippen LogP contribution in [-0.4, -0.2) is 40.6 Å². The third-order valence-corrected chi connectivity index (χ3v) is 5.01. The van der Waals surface area contributed by atoms with Gasteiger partial charge in [0.2, 0.25) is 11.7 Å². The van der Waals surface area contributed by atoms with Crippen LogP contribution in [0.15, 0.2) is 59.1 Å². The van der Waals surface area contributed by atoms with Gasteiger partial charge in [0, 0.05) is 18.5 Å². The van der Waals surface area contributed by atoms with E-state index in [2.05, 4.69) is 10.1 Å². The minimum Gasteiger partial charge on any atom is -0.494 e. The van der Waals surface area contributed by atoms with Crippen LogP contribution in [0.3, 0.4) is 0 Å². The lowest BCUT2D eigenvalue weighted by atomic mass is 10.1. The molecule has 0 radical (unpaired) electrons. The van der Waals surface area contributed by atoms with Crippen LogP contribution in [0.25, 0.3) is 11.5 Å². The third kappa shape index (κ3) is 4.13. The Labute approximate surface area is 168 Å². The lowest BCUT2D eigenvalue weighted by Gasteiger charge is -2.18. The Morgan fingerprint density at radius 3 is 2.69 bits per heavy atom. The van der Waals surface area contributed by atoms with E-state index in [9.17, 15) is 4.79 Å². The summed E-state index contributed by atoms with van der Waals surface area (Å²) in [6.07, 6.45) is 0.361. The number of hydrogen-bond donors (Lipinski definition) is 0. The van der Waals surface area contributed by atoms with Crippen molar-refractivity contribution in [1.29, 1.82) is 0 Å². The zero-order valence-electron chi connectivity index (χ0n) is 16.2. The van der Waals surface area contributed by atoms with Crippen molar-refractivity contribution < 1.29 is 18.4 Å². The Balaban J connectivity index is 1.41. The Morgan fingerprint density at radius 2 is 1.97 bits per heavy atom. The van der Waals surface area contributed by atoms with Crippen molar-refractivity contribution in [2.45, 2.75) is 25.4 Å². The minimum atomic E-state index is -1.80. The number of nitrogens with zero attached hydrogens (tertiary/aromatic N) is 3. The second kappa shape index (κ2) is 8.03. The maximum absolute atomic E-state index is 15.5. The van der Waals surface area contributed by atoms with E-state index in [1.807, 2.05) is 61.5 Å². The smallest absolute Gasteiger partial charge is 0.258 e. The zero-order valence-corrected chi connectivity index (χ0v) is 16.2. The van der Waals surface area contributed by atoms with Crippen molar-refractivity contribution in [3.05, 3.63) is 66.0 Å². The van der Waals surface area contributed by atoms with E-state index in [1.54, 1.807) is 0 Å². The molecule has 2 heterocycles. The molecule has 1 amide bonds. The molecule has 150 valence electrons. The van der Waals surface area contributed by atoms with Gasteiger partial charge in [0.05, 0.1) is 19.6 Å². The van der Waals surface area contributed by atoms with E-state index in [0.29, 0.717) is 13.2 Å². The number of carbonyl (C=O) groups is 1. The van der Waals surface area contributed by atoms with Gasteiger partial charge in [-0.15, -0.1) is 0 Å². The highest BCUT2D eigenvalue weighted by Gasteiger charge is 2.45. The van der Waals surface area contributed by atoms with Gasteiger partial charge in [0.25, 0.3) is 5.89 Å². The molecular formula is C22H22FN3O3. The van der Waals surface area contributed by atoms with Crippen molar-refractivity contribution in [1.82, 2.24) is 15.0 Å². The maximum atomic E-state index is 15.5. The number of ether oxygens (including phenoxy) is 1. The average Bonchev–Trinajstić information content (AvgIpc) is 3.39. The van der Waals surface area contributed by atoms with Gasteiger partial charge in [-0.3, -0.25) is 4.79 Å². The third-order valence-electron chi connectivity index (χ3n) is 5.01. The van der Waals surface area contributed by atoms with E-state index in [0.717, 1.165) is 16.9 Å². The molecule has 4 rings (SSSR count). The molecule has 1 saturated heterocycles. The summed E-state index contributed by atoms with van der Waals surface area (Å²) < 4.78 is 26.1. The molecule has 0 bridgehead atoms. The Morgan fingerprint density at radius 1 is 1.21 bits per heavy atom. The van der Waals surface area contributed by atoms with Crippen LogP contribution in [0.1, 0.15) is 24.7 Å². The highest BCUT2D eigenvalue weighted by atomic mass is 19.1. The predicted molar refractivity (Wildman–Crippen MR) is 105 cm³/mol. The number of benzene rings is 2. The standard InChI is InChI=1S/C22H22FN3O3/c1-2-28-18-10-8-16(9-11-18)14-19(27)26-13-12-22(23,15-26)21-24-20(29-25-21)17-6-4-3-5-7-17/h3-11H,2,12-15H2,1H3. The Bertz CT molecular complexity index is 974. The Hall–Kier alpha value is -3.22. The topological polar surface area (TPSA) is 68.5 Å². The molecule has 0 saturated carbocycles. The molecule has 1 unspecified atom stereocenters. The largest absolute Gasteiger partial charge is 0.494 e. The number of hydrogen-bond acceptors (Lipinski definition) is 5. The molecule has 0 N–H and O–H groups in total. The summed E-state index contributed by atoms with van der Waals surface area (Å²) in [6.45, 7) is 2.76. The first kappa shape index (κ1) is 19.1. The SMILES string of the molecule is CCOc1ccc(CC(=O)N2CCC(F)(c3noc(-c4ccccc4)n3)C2)cc1. The molecule has 1 aliphatic heterocycles. The van der Waals surface area contributed by atoms with Crippen LogP contribution < -0.4 is 4.74 Å². The lowest BCUT2D eigenvalue weighted by Crippen LogP contribution is -2.33. The molecule has 2 aromatic carbocycles. The van der Waals surface area contributed by atoms with E-state index < -0.39 is 5.67 Å². The van der Waals surface area contributed by atoms with Crippen LogP contribution in [0.4, 0.5) is 4.39 Å². The summed E-state index contributed by atoms with van der Waals surface area (Å²) in [5.41, 5.74) is -0.206. The van der Waals surface area contributed by atoms with Crippen molar-refractivity contribution in [2.75, 3.05) is 19.7 Å². The Kier molecular flexibility index (Phi) is 5.29. The highest BCUT2D eigenvalue weighted by Crippen LogP contribution is 2.35. The van der Waals surface area contributed by atoms with E-state index in [1.165, 1.54) is 4.90 Å². The first-order chi connectivity index (χ1) is 14.1. The van der Waals surface area contributed by atoms with Crippen molar-refractivity contribution in [3.63, 3.8) is 0 Å². The zero-order chi connectivity index (χ0) is 20.3. The van der Waals surface area contributed by atoms with Crippen molar-refractivity contribution >= 4 is 5.91 Å². The molecule has 7 heteroatoms. The predicted octanol–water partition coefficient (Wildman–Crippen LogP) is 3.78. The summed E-state index contributed by atoms with van der Waals surface area (Å²) in [5, 5.41) is 3.84. The van der Waals surface area contributed by atoms with Crippen LogP contribution in [0.5, 0.6) is 5.75 Å². The highest BCUT2D eigenvalue weighted by molar-refractivity contribution is 5.79. The molecular weight excluding hydrogens is 373 g/mol. The van der Waals surface area contributed by atoms with E-state index in [-0.39, 0.29) is 37.0 Å². The van der Waals surface area contributed by atoms with Crippen LogP contribution in [0.2, 0.25) is 0 Å². The fraction of sp³-hybridized carbons (Fsp3) is 0.318. The monoisotopic (exact) mass is 395 g/mol. The number of amides is 1. The van der Waals surface area contributed by atoms with Crippen LogP contribution >= 0.6 is 0 Å². The van der Waals surface area contributed by atoms with E-state index in [4.69, 9.17) is 9.26 Å². The van der Waals surface area contributed by atoms with Gasteiger partial charge in [0.15, 0.2) is 5.67 Å². The molecule has 3 aromatic rings. The number of alkyl halides is 1. The summed E-state index contributed by atoms with van der Waals surface area (Å²) in [5.74, 6) is 0.906. The van der Waals surface area contributed by atoms with Gasteiger partial charge in [-0.25, -0.2) is 4.39 Å². The first-order valence-electron chi connectivity index (χ1n) is 9.65. The van der Waals surface area contributed by atoms with Gasteiger partial charge < -0.3 is 14.2 Å². The van der Waals surface area contributed by atoms with Gasteiger partial charge in [0.1, 0.15) is 5.75 Å². The number of halogens is 1. The fourth-order valence-corrected chi connectivity index (χ4v) is 3.43. The van der Waals surface area contributed by atoms with E-state index >= 15 is 4.39 Å². The first-order valence-corrected chi connectivity index (χ1v) is 9.65. The summed E-state index contributed by atoms with van der Waals surface area (Å²) >= 11 is 0. The minimum absolute atomic E-state index is 0.00674. The number of likely N-dealkylation sites (tertiary alicyclic amines) is 1. The second-order valence-electron chi connectivity index (χ2n) is 7.07. The summed E-state index contributed by atoms with van der Waals surface area (Å²) in [7, 11) is 0. The summed E-state index contributed by atoms with van der Waals surface area (Å²) in [4.78, 5) is 18.4. The molecule has 1 atom stereocenters. The van der Waals surface area contributed by atoms with Crippen LogP contribution in [0, 0.1) is 0 Å². The molecule has 1 aliphatic rings. The molecule has 6 nitrogen and oxygen atoms in total. The number of carbonyl (C=O) groups excluding carboxylic acids is 1. The number of aromatic nitrogens is 2. The van der Waals surface area contributed by atoms with Crippen molar-refractivity contribution in [3.8, 4) is 17.2 Å². The average molecular weight is 395 g/mol. The molecule has 1 fully saturated rings. The van der Waals surface area contributed by atoms with Gasteiger partial charge >= 0.3 is 0 Å². The van der Waals surface area contributed by atoms with Crippen LogP contribution in [-0.2, 0) is 16.9 Å². The lowest BCUT2D eigenvalue weighted by molar-refractivity contribution is -0.130. The van der Waals surface area contributed by atoms with Gasteiger partial charge in [-0.05, 0) is 36.8 Å².